The van der Waals surface area contributed by atoms with Crippen molar-refractivity contribution < 1.29 is 22.3 Å². The number of hydrogen-bond acceptors (Lipinski definition) is 4. The zero-order chi connectivity index (χ0) is 16.8. The molecule has 9 heteroatoms. The van der Waals surface area contributed by atoms with Gasteiger partial charge in [0.05, 0.1) is 19.0 Å². The number of nitrogens with one attached hydrogen (secondary N) is 1. The van der Waals surface area contributed by atoms with E-state index in [1.54, 1.807) is 5.10 Å². The number of fused-ring (bicyclic) bond motifs is 1. The third-order valence-electron chi connectivity index (χ3n) is 3.66. The predicted octanol–water partition coefficient (Wildman–Crippen LogP) is 2.46. The smallest absolute Gasteiger partial charge is 0.423 e. The molecule has 1 aromatic carbocycles. The first kappa shape index (κ1) is 15.3. The molecule has 0 saturated carbocycles. The van der Waals surface area contributed by atoms with Crippen LogP contribution in [-0.2, 0) is 19.3 Å². The van der Waals surface area contributed by atoms with Crippen molar-refractivity contribution in [1.82, 2.24) is 10.2 Å². The molecule has 1 aliphatic rings. The van der Waals surface area contributed by atoms with E-state index >= 15 is 0 Å². The van der Waals surface area contributed by atoms with Crippen LogP contribution in [0.2, 0.25) is 0 Å². The lowest BCUT2D eigenvalue weighted by Gasteiger charge is -2.21. The van der Waals surface area contributed by atoms with Gasteiger partial charge in [-0.05, 0) is 23.3 Å². The molecule has 1 N–H and O–H groups in total. The molecule has 0 atom stereocenters. The molecule has 0 spiro atoms. The minimum atomic E-state index is -4.82. The van der Waals surface area contributed by atoms with E-state index in [4.69, 9.17) is 4.74 Å². The summed E-state index contributed by atoms with van der Waals surface area (Å²) < 4.78 is 57.9. The number of benzene rings is 1. The first-order valence-corrected chi connectivity index (χ1v) is 6.56. The maximum Gasteiger partial charge on any atom is 0.423 e. The van der Waals surface area contributed by atoms with Crippen molar-refractivity contribution in [2.45, 2.75) is 19.3 Å². The molecule has 0 unspecified atom stereocenters. The van der Waals surface area contributed by atoms with E-state index in [1.807, 2.05) is 0 Å². The average molecular weight is 329 g/mol. The summed E-state index contributed by atoms with van der Waals surface area (Å²) in [5.41, 5.74) is -1.78. The third-order valence-corrected chi connectivity index (χ3v) is 3.66. The Hall–Kier alpha value is -2.58. The molecule has 0 radical (unpaired) electrons. The molecule has 2 aromatic rings. The lowest BCUT2D eigenvalue weighted by atomic mass is 10.1. The number of aromatic nitrogens is 2. The Balaban J connectivity index is 2.03. The number of hydrogen-bond donors (Lipinski definition) is 1. The Bertz CT molecular complexity index is 817. The SMILES string of the molecule is COc1cc2c(cc1F)CN(c1cn[nH]c(=O)c1C(F)(F)F)C2. The highest BCUT2D eigenvalue weighted by molar-refractivity contribution is 5.57. The molecule has 122 valence electrons. The molecular weight excluding hydrogens is 318 g/mol. The summed E-state index contributed by atoms with van der Waals surface area (Å²) >= 11 is 0. The van der Waals surface area contributed by atoms with Crippen molar-refractivity contribution in [3.05, 3.63) is 51.2 Å². The molecule has 3 rings (SSSR count). The highest BCUT2D eigenvalue weighted by Crippen LogP contribution is 2.38. The summed E-state index contributed by atoms with van der Waals surface area (Å²) in [4.78, 5) is 12.9. The molecule has 0 fully saturated rings. The van der Waals surface area contributed by atoms with Gasteiger partial charge in [0.2, 0.25) is 0 Å². The van der Waals surface area contributed by atoms with E-state index < -0.39 is 23.1 Å². The van der Waals surface area contributed by atoms with Gasteiger partial charge in [-0.2, -0.15) is 18.3 Å². The fraction of sp³-hybridized carbons (Fsp3) is 0.286. The van der Waals surface area contributed by atoms with Crippen LogP contribution in [0.25, 0.3) is 0 Å². The first-order chi connectivity index (χ1) is 10.8. The van der Waals surface area contributed by atoms with Gasteiger partial charge >= 0.3 is 6.18 Å². The van der Waals surface area contributed by atoms with Crippen LogP contribution >= 0.6 is 0 Å². The lowest BCUT2D eigenvalue weighted by Crippen LogP contribution is -2.28. The number of ether oxygens (including phenoxy) is 1. The Morgan fingerprint density at radius 3 is 2.52 bits per heavy atom. The number of nitrogens with zero attached hydrogens (tertiary/aromatic N) is 2. The Kier molecular flexibility index (Phi) is 3.50. The summed E-state index contributed by atoms with van der Waals surface area (Å²) in [6, 6.07) is 2.67. The number of H-pyrrole nitrogens is 1. The Labute approximate surface area is 127 Å². The van der Waals surface area contributed by atoms with Gasteiger partial charge < -0.3 is 9.64 Å². The van der Waals surface area contributed by atoms with Crippen molar-refractivity contribution in [2.24, 2.45) is 0 Å². The van der Waals surface area contributed by atoms with Gasteiger partial charge in [-0.25, -0.2) is 9.49 Å². The average Bonchev–Trinajstić information content (AvgIpc) is 2.87. The molecule has 0 saturated heterocycles. The van der Waals surface area contributed by atoms with Gasteiger partial charge in [-0.3, -0.25) is 4.79 Å². The summed E-state index contributed by atoms with van der Waals surface area (Å²) in [5.74, 6) is -0.571. The van der Waals surface area contributed by atoms with Crippen LogP contribution in [-0.4, -0.2) is 17.3 Å². The third kappa shape index (κ3) is 2.62. The first-order valence-electron chi connectivity index (χ1n) is 6.56. The van der Waals surface area contributed by atoms with Gasteiger partial charge in [0.25, 0.3) is 5.56 Å². The van der Waals surface area contributed by atoms with Crippen molar-refractivity contribution in [3.8, 4) is 5.75 Å². The number of rotatable bonds is 2. The summed E-state index contributed by atoms with van der Waals surface area (Å²) in [7, 11) is 1.31. The fourth-order valence-electron chi connectivity index (χ4n) is 2.63. The number of anilines is 1. The topological polar surface area (TPSA) is 58.2 Å². The Morgan fingerprint density at radius 1 is 1.26 bits per heavy atom. The van der Waals surface area contributed by atoms with Crippen LogP contribution in [0, 0.1) is 5.82 Å². The predicted molar refractivity (Wildman–Crippen MR) is 72.7 cm³/mol. The number of halogens is 4. The van der Waals surface area contributed by atoms with E-state index in [2.05, 4.69) is 5.10 Å². The highest BCUT2D eigenvalue weighted by atomic mass is 19.4. The molecule has 1 aliphatic heterocycles. The van der Waals surface area contributed by atoms with Crippen molar-refractivity contribution in [1.29, 1.82) is 0 Å². The van der Waals surface area contributed by atoms with Crippen LogP contribution in [0.4, 0.5) is 23.2 Å². The maximum atomic E-state index is 13.7. The molecule has 5 nitrogen and oxygen atoms in total. The van der Waals surface area contributed by atoms with Gasteiger partial charge in [-0.1, -0.05) is 0 Å². The largest absolute Gasteiger partial charge is 0.494 e. The highest BCUT2D eigenvalue weighted by Gasteiger charge is 2.39. The van der Waals surface area contributed by atoms with Gasteiger partial charge in [0, 0.05) is 13.1 Å². The lowest BCUT2D eigenvalue weighted by molar-refractivity contribution is -0.138. The number of alkyl halides is 3. The molecule has 2 heterocycles. The summed E-state index contributed by atoms with van der Waals surface area (Å²) in [6.07, 6.45) is -3.87. The maximum absolute atomic E-state index is 13.7. The molecule has 1 aromatic heterocycles. The zero-order valence-electron chi connectivity index (χ0n) is 11.9. The normalized spacial score (nSPS) is 14.0. The minimum Gasteiger partial charge on any atom is -0.494 e. The van der Waals surface area contributed by atoms with Crippen LogP contribution in [0.5, 0.6) is 5.75 Å². The van der Waals surface area contributed by atoms with E-state index in [1.165, 1.54) is 24.1 Å². The monoisotopic (exact) mass is 329 g/mol. The molecular formula is C14H11F4N3O2. The van der Waals surface area contributed by atoms with Crippen LogP contribution in [0.3, 0.4) is 0 Å². The summed E-state index contributed by atoms with van der Waals surface area (Å²) in [5, 5.41) is 5.23. The van der Waals surface area contributed by atoms with E-state index in [0.717, 1.165) is 6.20 Å². The Morgan fingerprint density at radius 2 is 1.91 bits per heavy atom. The minimum absolute atomic E-state index is 0.0191. The second-order valence-corrected chi connectivity index (χ2v) is 5.07. The van der Waals surface area contributed by atoms with Crippen LogP contribution < -0.4 is 15.2 Å². The van der Waals surface area contributed by atoms with Crippen molar-refractivity contribution >= 4 is 5.69 Å². The summed E-state index contributed by atoms with van der Waals surface area (Å²) in [6.45, 7) is 0.143. The second kappa shape index (κ2) is 5.25. The van der Waals surface area contributed by atoms with E-state index in [9.17, 15) is 22.4 Å². The van der Waals surface area contributed by atoms with Gasteiger partial charge in [0.1, 0.15) is 5.56 Å². The van der Waals surface area contributed by atoms with E-state index in [0.29, 0.717) is 11.1 Å². The molecule has 0 aliphatic carbocycles. The number of aromatic amines is 1. The fourth-order valence-corrected chi connectivity index (χ4v) is 2.63. The van der Waals surface area contributed by atoms with Crippen LogP contribution in [0.15, 0.2) is 23.1 Å². The molecule has 0 bridgehead atoms. The van der Waals surface area contributed by atoms with Gasteiger partial charge in [0.15, 0.2) is 11.6 Å². The van der Waals surface area contributed by atoms with Crippen LogP contribution in [0.1, 0.15) is 16.7 Å². The standard InChI is InChI=1S/C14H11F4N3O2/c1-23-11-3-8-6-21(5-7(8)2-9(11)15)10-4-19-20-13(22)12(10)14(16,17)18/h2-4H,5-6H2,1H3,(H,20,22). The van der Waals surface area contributed by atoms with E-state index in [-0.39, 0.29) is 24.5 Å². The molecule has 0 amide bonds. The van der Waals surface area contributed by atoms with Crippen molar-refractivity contribution in [2.75, 3.05) is 12.0 Å². The second-order valence-electron chi connectivity index (χ2n) is 5.07. The van der Waals surface area contributed by atoms with Gasteiger partial charge in [-0.15, -0.1) is 0 Å². The quantitative estimate of drug-likeness (QED) is 0.860. The zero-order valence-corrected chi connectivity index (χ0v) is 11.9. The number of methoxy groups -OCH3 is 1. The van der Waals surface area contributed by atoms with Crippen molar-refractivity contribution in [3.63, 3.8) is 0 Å². The molecule has 23 heavy (non-hydrogen) atoms.